The van der Waals surface area contributed by atoms with Crippen molar-refractivity contribution in [2.24, 2.45) is 0 Å². The molecule has 3 aromatic rings. The third kappa shape index (κ3) is 5.05. The molecule has 0 atom stereocenters. The molecule has 27 heavy (non-hydrogen) atoms. The Morgan fingerprint density at radius 1 is 1.04 bits per heavy atom. The average molecular weight is 381 g/mol. The molecular formula is C21H21ClN4O. The fraction of sp³-hybridized carbons (Fsp3) is 0.190. The first-order valence-corrected chi connectivity index (χ1v) is 9.10. The number of hydrogen-bond donors (Lipinski definition) is 2. The van der Waals surface area contributed by atoms with E-state index in [1.165, 1.54) is 5.56 Å². The number of anilines is 2. The summed E-state index contributed by atoms with van der Waals surface area (Å²) in [6, 6.07) is 17.3. The van der Waals surface area contributed by atoms with Crippen molar-refractivity contribution in [2.75, 3.05) is 11.9 Å². The van der Waals surface area contributed by atoms with E-state index in [1.54, 1.807) is 13.0 Å². The minimum Gasteiger partial charge on any atom is -0.350 e. The van der Waals surface area contributed by atoms with Crippen LogP contribution >= 0.6 is 11.6 Å². The standard InChI is InChI=1S/C21H21ClN4O/c1-14-17(22)9-6-10-18(14)26-20-13-19(24-15(2)25-20)21(27)23-12-11-16-7-4-3-5-8-16/h3-10,13H,11-12H2,1-2H3,(H,23,27)(H,24,25,26). The van der Waals surface area contributed by atoms with Gasteiger partial charge in [0.05, 0.1) is 0 Å². The van der Waals surface area contributed by atoms with Crippen molar-refractivity contribution in [3.05, 3.63) is 82.3 Å². The highest BCUT2D eigenvalue weighted by molar-refractivity contribution is 6.31. The van der Waals surface area contributed by atoms with Crippen molar-refractivity contribution >= 4 is 29.0 Å². The fourth-order valence-electron chi connectivity index (χ4n) is 2.68. The van der Waals surface area contributed by atoms with Gasteiger partial charge in [-0.15, -0.1) is 0 Å². The van der Waals surface area contributed by atoms with Gasteiger partial charge in [0.25, 0.3) is 5.91 Å². The van der Waals surface area contributed by atoms with Crippen LogP contribution in [0.15, 0.2) is 54.6 Å². The molecule has 0 radical (unpaired) electrons. The van der Waals surface area contributed by atoms with Gasteiger partial charge in [-0.05, 0) is 43.5 Å². The Balaban J connectivity index is 1.69. The van der Waals surface area contributed by atoms with Gasteiger partial charge in [-0.3, -0.25) is 4.79 Å². The molecule has 5 nitrogen and oxygen atoms in total. The zero-order chi connectivity index (χ0) is 19.2. The Bertz CT molecular complexity index is 944. The van der Waals surface area contributed by atoms with E-state index in [4.69, 9.17) is 11.6 Å². The second-order valence-corrected chi connectivity index (χ2v) is 6.62. The number of carbonyl (C=O) groups excluding carboxylic acids is 1. The molecule has 6 heteroatoms. The van der Waals surface area contributed by atoms with Crippen molar-refractivity contribution in [3.63, 3.8) is 0 Å². The van der Waals surface area contributed by atoms with E-state index in [-0.39, 0.29) is 5.91 Å². The third-order valence-electron chi connectivity index (χ3n) is 4.14. The molecule has 0 unspecified atom stereocenters. The van der Waals surface area contributed by atoms with Gasteiger partial charge in [0.15, 0.2) is 0 Å². The Kier molecular flexibility index (Phi) is 6.04. The molecule has 0 saturated carbocycles. The molecule has 0 aliphatic heterocycles. The molecule has 3 rings (SSSR count). The van der Waals surface area contributed by atoms with E-state index in [2.05, 4.69) is 20.6 Å². The molecule has 0 aliphatic rings. The van der Waals surface area contributed by atoms with Gasteiger partial charge < -0.3 is 10.6 Å². The lowest BCUT2D eigenvalue weighted by Crippen LogP contribution is -2.27. The summed E-state index contributed by atoms with van der Waals surface area (Å²) in [5, 5.41) is 6.79. The molecule has 0 bridgehead atoms. The second kappa shape index (κ2) is 8.64. The van der Waals surface area contributed by atoms with Crippen LogP contribution in [-0.2, 0) is 6.42 Å². The number of carbonyl (C=O) groups is 1. The smallest absolute Gasteiger partial charge is 0.270 e. The lowest BCUT2D eigenvalue weighted by atomic mass is 10.1. The lowest BCUT2D eigenvalue weighted by molar-refractivity contribution is 0.0949. The highest BCUT2D eigenvalue weighted by atomic mass is 35.5. The van der Waals surface area contributed by atoms with Crippen LogP contribution in [0.5, 0.6) is 0 Å². The first-order valence-electron chi connectivity index (χ1n) is 8.73. The highest BCUT2D eigenvalue weighted by Crippen LogP contribution is 2.25. The van der Waals surface area contributed by atoms with E-state index in [0.717, 1.165) is 17.7 Å². The fourth-order valence-corrected chi connectivity index (χ4v) is 2.86. The average Bonchev–Trinajstić information content (AvgIpc) is 2.66. The van der Waals surface area contributed by atoms with Crippen LogP contribution in [0.3, 0.4) is 0 Å². The Labute approximate surface area is 163 Å². The molecule has 2 aromatic carbocycles. The number of aryl methyl sites for hydroxylation is 1. The normalized spacial score (nSPS) is 10.5. The largest absolute Gasteiger partial charge is 0.350 e. The maximum atomic E-state index is 12.5. The summed E-state index contributed by atoms with van der Waals surface area (Å²) in [5.74, 6) is 0.858. The number of aromatic nitrogens is 2. The van der Waals surface area contributed by atoms with E-state index in [9.17, 15) is 4.79 Å². The number of rotatable bonds is 6. The summed E-state index contributed by atoms with van der Waals surface area (Å²) >= 11 is 6.16. The molecule has 138 valence electrons. The SMILES string of the molecule is Cc1nc(Nc2cccc(Cl)c2C)cc(C(=O)NCCc2ccccc2)n1. The monoisotopic (exact) mass is 380 g/mol. The summed E-state index contributed by atoms with van der Waals surface area (Å²) in [6.07, 6.45) is 0.767. The first-order chi connectivity index (χ1) is 13.0. The summed E-state index contributed by atoms with van der Waals surface area (Å²) in [6.45, 7) is 4.23. The summed E-state index contributed by atoms with van der Waals surface area (Å²) in [7, 11) is 0. The first kappa shape index (κ1) is 18.9. The van der Waals surface area contributed by atoms with Crippen LogP contribution in [-0.4, -0.2) is 22.4 Å². The quantitative estimate of drug-likeness (QED) is 0.662. The molecule has 1 amide bonds. The van der Waals surface area contributed by atoms with Gasteiger partial charge in [-0.2, -0.15) is 0 Å². The summed E-state index contributed by atoms with van der Waals surface area (Å²) < 4.78 is 0. The lowest BCUT2D eigenvalue weighted by Gasteiger charge is -2.12. The van der Waals surface area contributed by atoms with Crippen molar-refractivity contribution in [3.8, 4) is 0 Å². The van der Waals surface area contributed by atoms with Crippen LogP contribution in [0, 0.1) is 13.8 Å². The van der Waals surface area contributed by atoms with Gasteiger partial charge in [-0.25, -0.2) is 9.97 Å². The van der Waals surface area contributed by atoms with Gasteiger partial charge in [0.2, 0.25) is 0 Å². The number of nitrogens with zero attached hydrogens (tertiary/aromatic N) is 2. The van der Waals surface area contributed by atoms with Crippen molar-refractivity contribution in [1.82, 2.24) is 15.3 Å². The molecule has 2 N–H and O–H groups in total. The van der Waals surface area contributed by atoms with Crippen molar-refractivity contribution in [2.45, 2.75) is 20.3 Å². The highest BCUT2D eigenvalue weighted by Gasteiger charge is 2.11. The van der Waals surface area contributed by atoms with Crippen LogP contribution in [0.4, 0.5) is 11.5 Å². The van der Waals surface area contributed by atoms with Crippen LogP contribution in [0.25, 0.3) is 0 Å². The Morgan fingerprint density at radius 3 is 2.59 bits per heavy atom. The van der Waals surface area contributed by atoms with E-state index in [1.807, 2.05) is 55.5 Å². The minimum atomic E-state index is -0.220. The van der Waals surface area contributed by atoms with Crippen LogP contribution < -0.4 is 10.6 Å². The van der Waals surface area contributed by atoms with Crippen LogP contribution in [0.1, 0.15) is 27.4 Å². The number of benzene rings is 2. The predicted octanol–water partition coefficient (Wildman–Crippen LogP) is 4.46. The third-order valence-corrected chi connectivity index (χ3v) is 4.55. The maximum Gasteiger partial charge on any atom is 0.270 e. The second-order valence-electron chi connectivity index (χ2n) is 6.21. The molecule has 0 fully saturated rings. The van der Waals surface area contributed by atoms with E-state index < -0.39 is 0 Å². The predicted molar refractivity (Wildman–Crippen MR) is 109 cm³/mol. The van der Waals surface area contributed by atoms with Gasteiger partial charge in [0.1, 0.15) is 17.3 Å². The number of nitrogens with one attached hydrogen (secondary N) is 2. The molecule has 1 aromatic heterocycles. The molecule has 1 heterocycles. The number of amides is 1. The number of halogens is 1. The molecular weight excluding hydrogens is 360 g/mol. The van der Waals surface area contributed by atoms with Gasteiger partial charge >= 0.3 is 0 Å². The van der Waals surface area contributed by atoms with E-state index >= 15 is 0 Å². The maximum absolute atomic E-state index is 12.5. The van der Waals surface area contributed by atoms with Crippen molar-refractivity contribution < 1.29 is 4.79 Å². The molecule has 0 aliphatic carbocycles. The zero-order valence-electron chi connectivity index (χ0n) is 15.3. The van der Waals surface area contributed by atoms with Gasteiger partial charge in [-0.1, -0.05) is 48.0 Å². The van der Waals surface area contributed by atoms with Crippen molar-refractivity contribution in [1.29, 1.82) is 0 Å². The minimum absolute atomic E-state index is 0.220. The van der Waals surface area contributed by atoms with Gasteiger partial charge in [0, 0.05) is 23.3 Å². The number of hydrogen-bond acceptors (Lipinski definition) is 4. The topological polar surface area (TPSA) is 66.9 Å². The van der Waals surface area contributed by atoms with E-state index in [0.29, 0.717) is 28.9 Å². The zero-order valence-corrected chi connectivity index (χ0v) is 16.0. The van der Waals surface area contributed by atoms with Crippen LogP contribution in [0.2, 0.25) is 5.02 Å². The Morgan fingerprint density at radius 2 is 1.81 bits per heavy atom. The Hall–Kier alpha value is -2.92. The summed E-state index contributed by atoms with van der Waals surface area (Å²) in [5.41, 5.74) is 3.27. The summed E-state index contributed by atoms with van der Waals surface area (Å²) in [4.78, 5) is 21.1. The molecule has 0 saturated heterocycles. The molecule has 0 spiro atoms.